The number of imidazole rings is 1. The minimum Gasteiger partial charge on any atom is -0.352 e. The minimum atomic E-state index is 0.0347. The van der Waals surface area contributed by atoms with Crippen LogP contribution in [0.25, 0.3) is 11.0 Å². The van der Waals surface area contributed by atoms with Gasteiger partial charge in [0.25, 0.3) is 0 Å². The number of para-hydroxylation sites is 2. The first kappa shape index (κ1) is 13.6. The third-order valence-corrected chi connectivity index (χ3v) is 3.54. The van der Waals surface area contributed by atoms with Crippen molar-refractivity contribution in [3.8, 4) is 0 Å². The number of nitrogens with one attached hydrogen (secondary N) is 1. The monoisotopic (exact) mass is 259 g/mol. The molecular weight excluding hydrogens is 238 g/mol. The van der Waals surface area contributed by atoms with E-state index in [4.69, 9.17) is 0 Å². The van der Waals surface area contributed by atoms with Crippen LogP contribution < -0.4 is 5.32 Å². The van der Waals surface area contributed by atoms with Gasteiger partial charge in [0.15, 0.2) is 0 Å². The predicted octanol–water partition coefficient (Wildman–Crippen LogP) is 2.51. The lowest BCUT2D eigenvalue weighted by molar-refractivity contribution is -0.122. The largest absolute Gasteiger partial charge is 0.352 e. The Labute approximate surface area is 113 Å². The number of rotatable bonds is 4. The van der Waals surface area contributed by atoms with Crippen molar-refractivity contribution in [1.82, 2.24) is 14.9 Å². The van der Waals surface area contributed by atoms with Crippen molar-refractivity contribution in [1.29, 1.82) is 0 Å². The summed E-state index contributed by atoms with van der Waals surface area (Å²) in [6.07, 6.45) is 0. The third kappa shape index (κ3) is 2.95. The number of aromatic nitrogens is 2. The molecule has 1 aromatic carbocycles. The van der Waals surface area contributed by atoms with Gasteiger partial charge in [-0.2, -0.15) is 0 Å². The Kier molecular flexibility index (Phi) is 3.88. The second-order valence-corrected chi connectivity index (χ2v) is 5.33. The number of hydrogen-bond donors (Lipinski definition) is 1. The van der Waals surface area contributed by atoms with E-state index < -0.39 is 0 Å². The van der Waals surface area contributed by atoms with Crippen LogP contribution >= 0.6 is 0 Å². The van der Waals surface area contributed by atoms with Crippen molar-refractivity contribution in [2.24, 2.45) is 5.92 Å². The summed E-state index contributed by atoms with van der Waals surface area (Å²) in [7, 11) is 0. The maximum atomic E-state index is 12.1. The number of benzene rings is 1. The van der Waals surface area contributed by atoms with Crippen LogP contribution in [0.3, 0.4) is 0 Å². The second-order valence-electron chi connectivity index (χ2n) is 5.33. The van der Waals surface area contributed by atoms with Gasteiger partial charge in [-0.25, -0.2) is 4.98 Å². The lowest BCUT2D eigenvalue weighted by Crippen LogP contribution is -2.38. The van der Waals surface area contributed by atoms with E-state index in [-0.39, 0.29) is 11.9 Å². The van der Waals surface area contributed by atoms with Gasteiger partial charge in [0.05, 0.1) is 11.0 Å². The number of fused-ring (bicyclic) bond motifs is 1. The fraction of sp³-hybridized carbons (Fsp3) is 0.467. The number of carbonyl (C=O) groups is 1. The van der Waals surface area contributed by atoms with Crippen molar-refractivity contribution in [2.75, 3.05) is 0 Å². The summed E-state index contributed by atoms with van der Waals surface area (Å²) in [6, 6.07) is 8.07. The summed E-state index contributed by atoms with van der Waals surface area (Å²) in [4.78, 5) is 16.5. The van der Waals surface area contributed by atoms with E-state index in [1.54, 1.807) is 0 Å². The van der Waals surface area contributed by atoms with Crippen LogP contribution in [0.15, 0.2) is 24.3 Å². The topological polar surface area (TPSA) is 46.9 Å². The zero-order valence-electron chi connectivity index (χ0n) is 12.0. The molecule has 102 valence electrons. The number of nitrogens with zero attached hydrogens (tertiary/aromatic N) is 2. The standard InChI is InChI=1S/C15H21N3O/c1-10(2)11(3)16-15(19)9-18-12(4)17-13-7-5-6-8-14(13)18/h5-8,10-11H,9H2,1-4H3,(H,16,19)/t11-/m1/s1. The predicted molar refractivity (Wildman–Crippen MR) is 76.9 cm³/mol. The first-order valence-electron chi connectivity index (χ1n) is 6.70. The van der Waals surface area contributed by atoms with E-state index in [2.05, 4.69) is 24.1 Å². The number of hydrogen-bond acceptors (Lipinski definition) is 2. The average Bonchev–Trinajstić information content (AvgIpc) is 2.66. The van der Waals surface area contributed by atoms with Crippen molar-refractivity contribution in [3.05, 3.63) is 30.1 Å². The molecule has 0 fully saturated rings. The Morgan fingerprint density at radius 1 is 1.32 bits per heavy atom. The fourth-order valence-electron chi connectivity index (χ4n) is 2.01. The molecule has 4 nitrogen and oxygen atoms in total. The molecule has 0 aliphatic heterocycles. The van der Waals surface area contributed by atoms with Gasteiger partial charge in [-0.1, -0.05) is 26.0 Å². The Hall–Kier alpha value is -1.84. The lowest BCUT2D eigenvalue weighted by Gasteiger charge is -2.18. The van der Waals surface area contributed by atoms with E-state index in [0.717, 1.165) is 16.9 Å². The molecule has 1 aromatic heterocycles. The number of carbonyl (C=O) groups excluding carboxylic acids is 1. The highest BCUT2D eigenvalue weighted by molar-refractivity contribution is 5.81. The van der Waals surface area contributed by atoms with Gasteiger partial charge in [0.2, 0.25) is 5.91 Å². The van der Waals surface area contributed by atoms with Crippen LogP contribution in [0.4, 0.5) is 0 Å². The van der Waals surface area contributed by atoms with Crippen LogP contribution in [0, 0.1) is 12.8 Å². The summed E-state index contributed by atoms with van der Waals surface area (Å²) in [5.41, 5.74) is 1.94. The van der Waals surface area contributed by atoms with E-state index in [1.807, 2.05) is 42.7 Å². The zero-order chi connectivity index (χ0) is 14.0. The summed E-state index contributed by atoms with van der Waals surface area (Å²) in [5, 5.41) is 3.02. The van der Waals surface area contributed by atoms with Gasteiger partial charge in [-0.3, -0.25) is 4.79 Å². The molecule has 0 bridgehead atoms. The quantitative estimate of drug-likeness (QED) is 0.917. The van der Waals surface area contributed by atoms with Crippen LogP contribution in [-0.2, 0) is 11.3 Å². The molecule has 2 aromatic rings. The average molecular weight is 259 g/mol. The molecular formula is C15H21N3O. The molecule has 1 heterocycles. The third-order valence-electron chi connectivity index (χ3n) is 3.54. The first-order valence-corrected chi connectivity index (χ1v) is 6.70. The molecule has 0 aliphatic carbocycles. The van der Waals surface area contributed by atoms with Crippen molar-refractivity contribution < 1.29 is 4.79 Å². The molecule has 0 saturated carbocycles. The second kappa shape index (κ2) is 5.43. The molecule has 1 amide bonds. The molecule has 0 aliphatic rings. The Morgan fingerprint density at radius 3 is 2.68 bits per heavy atom. The van der Waals surface area contributed by atoms with Crippen LogP contribution in [-0.4, -0.2) is 21.5 Å². The molecule has 0 spiro atoms. The van der Waals surface area contributed by atoms with Gasteiger partial charge in [0, 0.05) is 6.04 Å². The maximum Gasteiger partial charge on any atom is 0.240 e. The highest BCUT2D eigenvalue weighted by Crippen LogP contribution is 2.15. The van der Waals surface area contributed by atoms with E-state index in [0.29, 0.717) is 12.5 Å². The molecule has 1 atom stereocenters. The van der Waals surface area contributed by atoms with Gasteiger partial charge in [0.1, 0.15) is 12.4 Å². The smallest absolute Gasteiger partial charge is 0.240 e. The van der Waals surface area contributed by atoms with Crippen molar-refractivity contribution >= 4 is 16.9 Å². The molecule has 0 radical (unpaired) electrons. The number of aryl methyl sites for hydroxylation is 1. The summed E-state index contributed by atoms with van der Waals surface area (Å²) in [6.45, 7) is 8.48. The lowest BCUT2D eigenvalue weighted by atomic mass is 10.1. The molecule has 19 heavy (non-hydrogen) atoms. The molecule has 0 saturated heterocycles. The zero-order valence-corrected chi connectivity index (χ0v) is 12.0. The normalized spacial score (nSPS) is 12.9. The van der Waals surface area contributed by atoms with Gasteiger partial charge < -0.3 is 9.88 Å². The van der Waals surface area contributed by atoms with Crippen molar-refractivity contribution in [3.63, 3.8) is 0 Å². The van der Waals surface area contributed by atoms with Gasteiger partial charge >= 0.3 is 0 Å². The summed E-state index contributed by atoms with van der Waals surface area (Å²) >= 11 is 0. The van der Waals surface area contributed by atoms with Crippen molar-refractivity contribution in [2.45, 2.75) is 40.3 Å². The summed E-state index contributed by atoms with van der Waals surface area (Å²) < 4.78 is 1.96. The first-order chi connectivity index (χ1) is 8.99. The molecule has 0 unspecified atom stereocenters. The minimum absolute atomic E-state index is 0.0347. The van der Waals surface area contributed by atoms with E-state index in [1.165, 1.54) is 0 Å². The summed E-state index contributed by atoms with van der Waals surface area (Å²) in [5.74, 6) is 1.34. The van der Waals surface area contributed by atoms with Crippen LogP contribution in [0.2, 0.25) is 0 Å². The Morgan fingerprint density at radius 2 is 2.00 bits per heavy atom. The molecule has 4 heteroatoms. The van der Waals surface area contributed by atoms with Gasteiger partial charge in [-0.15, -0.1) is 0 Å². The molecule has 2 rings (SSSR count). The van der Waals surface area contributed by atoms with Crippen LogP contribution in [0.1, 0.15) is 26.6 Å². The highest BCUT2D eigenvalue weighted by Gasteiger charge is 2.14. The fourth-order valence-corrected chi connectivity index (χ4v) is 2.01. The number of amides is 1. The van der Waals surface area contributed by atoms with Crippen LogP contribution in [0.5, 0.6) is 0 Å². The van der Waals surface area contributed by atoms with Gasteiger partial charge in [-0.05, 0) is 31.9 Å². The Bertz CT molecular complexity index is 586. The Balaban J connectivity index is 2.17. The maximum absolute atomic E-state index is 12.1. The van der Waals surface area contributed by atoms with E-state index >= 15 is 0 Å². The van der Waals surface area contributed by atoms with E-state index in [9.17, 15) is 4.79 Å². The SMILES string of the molecule is Cc1nc2ccccc2n1CC(=O)N[C@H](C)C(C)C. The molecule has 1 N–H and O–H groups in total. The highest BCUT2D eigenvalue weighted by atomic mass is 16.2.